The van der Waals surface area contributed by atoms with Gasteiger partial charge in [-0.05, 0) is 13.8 Å². The van der Waals surface area contributed by atoms with Crippen molar-refractivity contribution in [2.75, 3.05) is 0 Å². The summed E-state index contributed by atoms with van der Waals surface area (Å²) in [4.78, 5) is 0. The number of hydrogen-bond acceptors (Lipinski definition) is 3. The zero-order valence-corrected chi connectivity index (χ0v) is 15.3. The van der Waals surface area contributed by atoms with Crippen LogP contribution in [0.3, 0.4) is 0 Å². The molecule has 0 saturated carbocycles. The van der Waals surface area contributed by atoms with Crippen molar-refractivity contribution in [1.29, 1.82) is 0 Å². The zero-order chi connectivity index (χ0) is 15.7. The first-order valence-electron chi connectivity index (χ1n) is 7.10. The van der Waals surface area contributed by atoms with E-state index in [2.05, 4.69) is 15.5 Å². The first-order chi connectivity index (χ1) is 9.67. The van der Waals surface area contributed by atoms with E-state index in [9.17, 15) is 4.57 Å². The van der Waals surface area contributed by atoms with Crippen LogP contribution < -0.4 is 0 Å². The Kier molecular flexibility index (Phi) is 4.84. The Morgan fingerprint density at radius 3 is 1.62 bits per heavy atom. The predicted molar refractivity (Wildman–Crippen MR) is 90.4 cm³/mol. The number of hydrogen-bond donors (Lipinski definition) is 0. The van der Waals surface area contributed by atoms with E-state index >= 15 is 0 Å². The minimum Gasteiger partial charge on any atom is -0.289 e. The molecule has 0 aromatic rings. The summed E-state index contributed by atoms with van der Waals surface area (Å²) in [7, 11) is 0. The molecule has 116 valence electrons. The summed E-state index contributed by atoms with van der Waals surface area (Å²) in [6.45, 7) is 7.88. The lowest BCUT2D eigenvalue weighted by atomic mass is 9.87. The summed E-state index contributed by atoms with van der Waals surface area (Å²) < 4.78 is 24.5. The van der Waals surface area contributed by atoms with Gasteiger partial charge >= 0.3 is 6.30 Å². The fraction of sp³-hybridized carbons (Fsp3) is 0.500. The van der Waals surface area contributed by atoms with Gasteiger partial charge in [0.25, 0.3) is 0 Å². The third kappa shape index (κ3) is 3.87. The molecular weight excluding hydrogens is 351 g/mol. The second-order valence-corrected chi connectivity index (χ2v) is 9.88. The molecule has 0 aromatic heterocycles. The summed E-state index contributed by atoms with van der Waals surface area (Å²) >= 11 is 3.17. The van der Waals surface area contributed by atoms with Gasteiger partial charge in [0.15, 0.2) is 0 Å². The number of rotatable bonds is 4. The van der Waals surface area contributed by atoms with Crippen molar-refractivity contribution < 1.29 is 13.6 Å². The van der Waals surface area contributed by atoms with Crippen LogP contribution in [0.4, 0.5) is 0 Å². The van der Waals surface area contributed by atoms with Crippen molar-refractivity contribution in [3.05, 3.63) is 48.6 Å². The summed E-state index contributed by atoms with van der Waals surface area (Å²) in [5, 5.41) is 0. The van der Waals surface area contributed by atoms with E-state index in [0.717, 1.165) is 0 Å². The lowest BCUT2D eigenvalue weighted by Gasteiger charge is -2.38. The average Bonchev–Trinajstić information content (AvgIpc) is 2.35. The summed E-state index contributed by atoms with van der Waals surface area (Å²) in [5.74, 6) is 0.230. The zero-order valence-electron chi connectivity index (χ0n) is 12.8. The lowest BCUT2D eigenvalue weighted by molar-refractivity contribution is 0.0365. The molecule has 21 heavy (non-hydrogen) atoms. The van der Waals surface area contributed by atoms with Gasteiger partial charge in [0.2, 0.25) is 0 Å². The molecule has 3 nitrogen and oxygen atoms in total. The molecule has 2 aliphatic carbocycles. The highest BCUT2D eigenvalue weighted by molar-refractivity contribution is 9.39. The minimum atomic E-state index is -3.39. The van der Waals surface area contributed by atoms with Crippen molar-refractivity contribution in [2.24, 2.45) is 11.8 Å². The molecule has 0 fully saturated rings. The second kappa shape index (κ2) is 6.00. The van der Waals surface area contributed by atoms with Gasteiger partial charge in [-0.3, -0.25) is 9.05 Å². The van der Waals surface area contributed by atoms with Crippen molar-refractivity contribution in [2.45, 2.75) is 38.9 Å². The lowest BCUT2D eigenvalue weighted by Crippen LogP contribution is -2.36. The van der Waals surface area contributed by atoms with Gasteiger partial charge < -0.3 is 0 Å². The van der Waals surface area contributed by atoms with Gasteiger partial charge in [-0.2, -0.15) is 0 Å². The van der Waals surface area contributed by atoms with Gasteiger partial charge in [0, 0.05) is 27.3 Å². The molecule has 0 aromatic carbocycles. The average molecular weight is 373 g/mol. The molecule has 4 unspecified atom stereocenters. The van der Waals surface area contributed by atoms with Gasteiger partial charge in [-0.15, -0.1) is 0 Å². The van der Waals surface area contributed by atoms with Gasteiger partial charge in [0.1, 0.15) is 11.2 Å². The molecular formula is C16H22BrO3P. The molecule has 0 aliphatic heterocycles. The maximum Gasteiger partial charge on any atom is 0.397 e. The highest BCUT2D eigenvalue weighted by atomic mass is 79.9. The van der Waals surface area contributed by atoms with Crippen LogP contribution in [-0.4, -0.2) is 11.2 Å². The molecule has 0 bridgehead atoms. The Balaban J connectivity index is 2.14. The minimum absolute atomic E-state index is 0.115. The van der Waals surface area contributed by atoms with Crippen LogP contribution in [0.25, 0.3) is 0 Å². The highest BCUT2D eigenvalue weighted by Gasteiger charge is 2.42. The molecule has 5 heteroatoms. The Labute approximate surface area is 135 Å². The maximum absolute atomic E-state index is 12.8. The molecule has 4 atom stereocenters. The molecule has 0 N–H and O–H groups in total. The number of halogens is 1. The van der Waals surface area contributed by atoms with E-state index in [4.69, 9.17) is 9.05 Å². The number of allylic oxidation sites excluding steroid dienone is 4. The quantitative estimate of drug-likeness (QED) is 0.605. The molecule has 0 saturated heterocycles. The standard InChI is InChI=1S/C16H22BrO3P/c1-13-9-5-7-11-15(13,3)19-21(17,18)20-16(4)12-8-6-10-14(16)2/h5-14H,1-4H3. The Bertz CT molecular complexity index is 520. The third-order valence-electron chi connectivity index (χ3n) is 4.30. The molecule has 2 rings (SSSR count). The molecule has 0 heterocycles. The fourth-order valence-electron chi connectivity index (χ4n) is 2.36. The first-order valence-corrected chi connectivity index (χ1v) is 10.7. The normalized spacial score (nSPS) is 41.2. The van der Waals surface area contributed by atoms with E-state index in [0.29, 0.717) is 0 Å². The third-order valence-corrected chi connectivity index (χ3v) is 6.39. The van der Waals surface area contributed by atoms with E-state index in [1.807, 2.05) is 76.3 Å². The summed E-state index contributed by atoms with van der Waals surface area (Å²) in [6.07, 6.45) is 12.2. The van der Waals surface area contributed by atoms with Crippen molar-refractivity contribution in [1.82, 2.24) is 0 Å². The summed E-state index contributed by atoms with van der Waals surface area (Å²) in [5.41, 5.74) is -1.30. The Hall–Kier alpha value is -0.410. The molecule has 0 radical (unpaired) electrons. The van der Waals surface area contributed by atoms with Gasteiger partial charge in [-0.1, -0.05) is 62.5 Å². The van der Waals surface area contributed by atoms with E-state index in [1.165, 1.54) is 0 Å². The fourth-order valence-corrected chi connectivity index (χ4v) is 5.66. The Morgan fingerprint density at radius 2 is 1.29 bits per heavy atom. The van der Waals surface area contributed by atoms with Crippen LogP contribution in [0, 0.1) is 11.8 Å². The SMILES string of the molecule is CC1C=CC=CC1(C)OP(=O)(Br)OC1(C)C=CC=CC1C. The van der Waals surface area contributed by atoms with Crippen LogP contribution in [0.1, 0.15) is 27.7 Å². The Morgan fingerprint density at radius 1 is 0.905 bits per heavy atom. The van der Waals surface area contributed by atoms with Gasteiger partial charge in [-0.25, -0.2) is 4.57 Å². The van der Waals surface area contributed by atoms with Crippen molar-refractivity contribution >= 4 is 21.8 Å². The highest BCUT2D eigenvalue weighted by Crippen LogP contribution is 2.63. The van der Waals surface area contributed by atoms with Gasteiger partial charge in [0.05, 0.1) is 0 Å². The maximum atomic E-state index is 12.8. The molecule has 0 amide bonds. The van der Waals surface area contributed by atoms with E-state index in [-0.39, 0.29) is 11.8 Å². The first kappa shape index (κ1) is 17.0. The van der Waals surface area contributed by atoms with Crippen LogP contribution >= 0.6 is 21.8 Å². The van der Waals surface area contributed by atoms with Crippen LogP contribution in [0.5, 0.6) is 0 Å². The summed E-state index contributed by atoms with van der Waals surface area (Å²) in [6, 6.07) is 0. The van der Waals surface area contributed by atoms with Crippen LogP contribution in [0.2, 0.25) is 0 Å². The largest absolute Gasteiger partial charge is 0.397 e. The van der Waals surface area contributed by atoms with Crippen LogP contribution in [0.15, 0.2) is 48.6 Å². The van der Waals surface area contributed by atoms with Crippen molar-refractivity contribution in [3.8, 4) is 0 Å². The smallest absolute Gasteiger partial charge is 0.289 e. The molecule has 2 aliphatic rings. The van der Waals surface area contributed by atoms with Crippen molar-refractivity contribution in [3.63, 3.8) is 0 Å². The topological polar surface area (TPSA) is 35.5 Å². The monoisotopic (exact) mass is 372 g/mol. The van der Waals surface area contributed by atoms with E-state index in [1.54, 1.807) is 0 Å². The van der Waals surface area contributed by atoms with Crippen LogP contribution in [-0.2, 0) is 13.6 Å². The predicted octanol–water partition coefficient (Wildman–Crippen LogP) is 5.56. The second-order valence-electron chi connectivity index (χ2n) is 6.05. The molecule has 0 spiro atoms. The van der Waals surface area contributed by atoms with E-state index < -0.39 is 17.5 Å².